The molecule has 5 rings (SSSR count). The number of fused-ring (bicyclic) bond motifs is 2. The molecule has 0 aliphatic carbocycles. The van der Waals surface area contributed by atoms with Gasteiger partial charge in [0, 0.05) is 22.9 Å². The van der Waals surface area contributed by atoms with Crippen LogP contribution in [0.2, 0.25) is 0 Å². The van der Waals surface area contributed by atoms with E-state index in [1.54, 1.807) is 12.3 Å². The zero-order valence-electron chi connectivity index (χ0n) is 15.6. The van der Waals surface area contributed by atoms with Crippen molar-refractivity contribution in [3.63, 3.8) is 0 Å². The third kappa shape index (κ3) is 3.40. The van der Waals surface area contributed by atoms with Crippen LogP contribution >= 0.6 is 11.3 Å². The van der Waals surface area contributed by atoms with Crippen LogP contribution in [0.25, 0.3) is 10.9 Å². The number of rotatable bonds is 4. The molecule has 6 nitrogen and oxygen atoms in total. The molecule has 1 aliphatic heterocycles. The molecular formula is C22H17N3O3S. The predicted octanol–water partition coefficient (Wildman–Crippen LogP) is 4.57. The van der Waals surface area contributed by atoms with Gasteiger partial charge in [0.05, 0.1) is 16.8 Å². The van der Waals surface area contributed by atoms with Gasteiger partial charge in [-0.15, -0.1) is 11.3 Å². The highest BCUT2D eigenvalue weighted by molar-refractivity contribution is 7.15. The molecule has 0 saturated heterocycles. The highest BCUT2D eigenvalue weighted by Crippen LogP contribution is 2.34. The van der Waals surface area contributed by atoms with E-state index in [0.717, 1.165) is 33.0 Å². The zero-order chi connectivity index (χ0) is 19.8. The molecular weight excluding hydrogens is 386 g/mol. The van der Waals surface area contributed by atoms with Crippen LogP contribution in [0.1, 0.15) is 26.5 Å². The molecule has 0 fully saturated rings. The van der Waals surface area contributed by atoms with Crippen LogP contribution in [0.4, 0.5) is 5.13 Å². The third-order valence-electron chi connectivity index (χ3n) is 4.79. The van der Waals surface area contributed by atoms with Crippen LogP contribution < -0.4 is 14.8 Å². The summed E-state index contributed by atoms with van der Waals surface area (Å²) >= 11 is 1.48. The van der Waals surface area contributed by atoms with E-state index in [9.17, 15) is 4.79 Å². The van der Waals surface area contributed by atoms with Gasteiger partial charge in [-0.05, 0) is 36.8 Å². The third-order valence-corrected chi connectivity index (χ3v) is 5.86. The molecule has 2 aromatic heterocycles. The minimum atomic E-state index is -0.210. The first-order valence-corrected chi connectivity index (χ1v) is 9.99. The van der Waals surface area contributed by atoms with Crippen molar-refractivity contribution in [2.45, 2.75) is 13.3 Å². The summed E-state index contributed by atoms with van der Waals surface area (Å²) in [6.45, 7) is 2.21. The number of carbonyl (C=O) groups excluding carboxylic acids is 1. The second-order valence-corrected chi connectivity index (χ2v) is 7.81. The molecule has 1 N–H and O–H groups in total. The molecule has 0 atom stereocenters. The maximum Gasteiger partial charge on any atom is 0.259 e. The number of ether oxygens (including phenoxy) is 2. The Labute approximate surface area is 171 Å². The van der Waals surface area contributed by atoms with Crippen molar-refractivity contribution in [2.24, 2.45) is 0 Å². The van der Waals surface area contributed by atoms with Crippen molar-refractivity contribution >= 4 is 33.3 Å². The topological polar surface area (TPSA) is 73.3 Å². The standard InChI is InChI=1S/C22H17N3O3S/c1-13-19(11-14-7-8-17-18(10-14)28-12-27-17)29-22(24-13)25-21(26)16-6-2-4-15-5-3-9-23-20(15)16/h2-10H,11-12H2,1H3,(H,24,25,26). The number of thiazole rings is 1. The number of amides is 1. The summed E-state index contributed by atoms with van der Waals surface area (Å²) in [5, 5.41) is 4.43. The molecule has 29 heavy (non-hydrogen) atoms. The van der Waals surface area contributed by atoms with Gasteiger partial charge in [-0.2, -0.15) is 0 Å². The van der Waals surface area contributed by atoms with Crippen LogP contribution in [0, 0.1) is 6.92 Å². The van der Waals surface area contributed by atoms with Gasteiger partial charge in [-0.25, -0.2) is 4.98 Å². The Kier molecular flexibility index (Phi) is 4.37. The molecule has 3 heterocycles. The molecule has 0 unspecified atom stereocenters. The molecule has 0 saturated carbocycles. The van der Waals surface area contributed by atoms with Gasteiger partial charge in [0.15, 0.2) is 16.6 Å². The fraction of sp³-hybridized carbons (Fsp3) is 0.136. The lowest BCUT2D eigenvalue weighted by atomic mass is 10.1. The van der Waals surface area contributed by atoms with Gasteiger partial charge in [-0.1, -0.05) is 24.3 Å². The minimum Gasteiger partial charge on any atom is -0.454 e. The summed E-state index contributed by atoms with van der Waals surface area (Å²) in [5.74, 6) is 1.32. The maximum atomic E-state index is 12.8. The Morgan fingerprint density at radius 2 is 2.00 bits per heavy atom. The number of anilines is 1. The van der Waals surface area contributed by atoms with E-state index in [1.807, 2.05) is 49.4 Å². The molecule has 0 bridgehead atoms. The smallest absolute Gasteiger partial charge is 0.259 e. The number of aryl methyl sites for hydroxylation is 1. The van der Waals surface area contributed by atoms with Crippen LogP contribution in [0.3, 0.4) is 0 Å². The molecule has 1 aliphatic rings. The summed E-state index contributed by atoms with van der Waals surface area (Å²) < 4.78 is 10.8. The highest BCUT2D eigenvalue weighted by Gasteiger charge is 2.17. The molecule has 4 aromatic rings. The second kappa shape index (κ2) is 7.18. The molecule has 144 valence electrons. The number of para-hydroxylation sites is 1. The SMILES string of the molecule is Cc1nc(NC(=O)c2cccc3cccnc23)sc1Cc1ccc2c(c1)OCO2. The maximum absolute atomic E-state index is 12.8. The van der Waals surface area contributed by atoms with E-state index in [0.29, 0.717) is 22.6 Å². The summed E-state index contributed by atoms with van der Waals surface area (Å²) in [5.41, 5.74) is 3.23. The Bertz CT molecular complexity index is 1230. The van der Waals surface area contributed by atoms with E-state index in [2.05, 4.69) is 15.3 Å². The van der Waals surface area contributed by atoms with Gasteiger partial charge in [0.1, 0.15) is 0 Å². The molecule has 7 heteroatoms. The number of aromatic nitrogens is 2. The first-order chi connectivity index (χ1) is 14.2. The summed E-state index contributed by atoms with van der Waals surface area (Å²) in [7, 11) is 0. The van der Waals surface area contributed by atoms with Crippen LogP contribution in [0.5, 0.6) is 11.5 Å². The largest absolute Gasteiger partial charge is 0.454 e. The lowest BCUT2D eigenvalue weighted by molar-refractivity contribution is 0.102. The van der Waals surface area contributed by atoms with Gasteiger partial charge < -0.3 is 9.47 Å². The van der Waals surface area contributed by atoms with E-state index in [4.69, 9.17) is 9.47 Å². The summed E-state index contributed by atoms with van der Waals surface area (Å²) in [4.78, 5) is 22.8. The summed E-state index contributed by atoms with van der Waals surface area (Å²) in [6, 6.07) is 15.3. The van der Waals surface area contributed by atoms with E-state index in [1.165, 1.54) is 11.3 Å². The fourth-order valence-electron chi connectivity index (χ4n) is 3.33. The first kappa shape index (κ1) is 17.6. The first-order valence-electron chi connectivity index (χ1n) is 9.17. The number of nitrogens with zero attached hydrogens (tertiary/aromatic N) is 2. The number of pyridine rings is 1. The molecule has 0 spiro atoms. The minimum absolute atomic E-state index is 0.210. The van der Waals surface area contributed by atoms with Crippen LogP contribution in [-0.2, 0) is 6.42 Å². The van der Waals surface area contributed by atoms with Crippen molar-refractivity contribution < 1.29 is 14.3 Å². The molecule has 1 amide bonds. The van der Waals surface area contributed by atoms with Crippen molar-refractivity contribution in [1.29, 1.82) is 0 Å². The Morgan fingerprint density at radius 1 is 1.14 bits per heavy atom. The average Bonchev–Trinajstić information content (AvgIpc) is 3.33. The predicted molar refractivity (Wildman–Crippen MR) is 112 cm³/mol. The van der Waals surface area contributed by atoms with Crippen molar-refractivity contribution in [3.8, 4) is 11.5 Å². The number of hydrogen-bond donors (Lipinski definition) is 1. The van der Waals surface area contributed by atoms with Gasteiger partial charge in [-0.3, -0.25) is 15.1 Å². The van der Waals surface area contributed by atoms with Crippen molar-refractivity contribution in [1.82, 2.24) is 9.97 Å². The average molecular weight is 403 g/mol. The highest BCUT2D eigenvalue weighted by atomic mass is 32.1. The number of carbonyl (C=O) groups is 1. The zero-order valence-corrected chi connectivity index (χ0v) is 16.5. The van der Waals surface area contributed by atoms with E-state index in [-0.39, 0.29) is 12.7 Å². The Balaban J connectivity index is 1.37. The monoisotopic (exact) mass is 403 g/mol. The lowest BCUT2D eigenvalue weighted by Crippen LogP contribution is -2.12. The van der Waals surface area contributed by atoms with E-state index < -0.39 is 0 Å². The Hall–Kier alpha value is -3.45. The number of hydrogen-bond acceptors (Lipinski definition) is 6. The molecule has 0 radical (unpaired) electrons. The Morgan fingerprint density at radius 3 is 2.93 bits per heavy atom. The van der Waals surface area contributed by atoms with Crippen molar-refractivity contribution in [2.75, 3.05) is 12.1 Å². The lowest BCUT2D eigenvalue weighted by Gasteiger charge is -2.05. The molecule has 2 aromatic carbocycles. The normalized spacial score (nSPS) is 12.3. The van der Waals surface area contributed by atoms with Gasteiger partial charge in [0.2, 0.25) is 6.79 Å². The number of nitrogens with one attached hydrogen (secondary N) is 1. The van der Waals surface area contributed by atoms with E-state index >= 15 is 0 Å². The van der Waals surface area contributed by atoms with Crippen LogP contribution in [0.15, 0.2) is 54.7 Å². The number of benzene rings is 2. The van der Waals surface area contributed by atoms with Gasteiger partial charge in [0.25, 0.3) is 5.91 Å². The van der Waals surface area contributed by atoms with Crippen molar-refractivity contribution in [3.05, 3.63) is 76.4 Å². The van der Waals surface area contributed by atoms with Crippen LogP contribution in [-0.4, -0.2) is 22.7 Å². The fourth-order valence-corrected chi connectivity index (χ4v) is 4.33. The summed E-state index contributed by atoms with van der Waals surface area (Å²) in [6.07, 6.45) is 2.40. The quantitative estimate of drug-likeness (QED) is 0.540. The second-order valence-electron chi connectivity index (χ2n) is 6.73. The van der Waals surface area contributed by atoms with Gasteiger partial charge >= 0.3 is 0 Å².